The number of aromatic carboxylic acids is 1. The molecule has 0 fully saturated rings. The highest BCUT2D eigenvalue weighted by Crippen LogP contribution is 2.15. The summed E-state index contributed by atoms with van der Waals surface area (Å²) in [6.07, 6.45) is 7.60. The Balaban J connectivity index is 1.67. The zero-order chi connectivity index (χ0) is 18.6. The molecule has 0 atom stereocenters. The second-order valence-electron chi connectivity index (χ2n) is 6.50. The summed E-state index contributed by atoms with van der Waals surface area (Å²) in [5, 5.41) is 12.2. The van der Waals surface area contributed by atoms with Gasteiger partial charge in [0.25, 0.3) is 0 Å². The van der Waals surface area contributed by atoms with Gasteiger partial charge in [-0.15, -0.1) is 0 Å². The van der Waals surface area contributed by atoms with Gasteiger partial charge in [0.2, 0.25) is 0 Å². The Morgan fingerprint density at radius 1 is 0.923 bits per heavy atom. The molecule has 2 aromatic rings. The summed E-state index contributed by atoms with van der Waals surface area (Å²) in [4.78, 5) is 10.8. The van der Waals surface area contributed by atoms with Crippen molar-refractivity contribution in [1.29, 1.82) is 0 Å². The average Bonchev–Trinajstić information content (AvgIpc) is 2.67. The third-order valence-corrected chi connectivity index (χ3v) is 4.32. The topological polar surface area (TPSA) is 58.6 Å². The number of carbonyl (C=O) groups is 1. The lowest BCUT2D eigenvalue weighted by atomic mass is 10.1. The Labute approximate surface area is 156 Å². The third kappa shape index (κ3) is 7.18. The molecule has 2 aromatic carbocycles. The van der Waals surface area contributed by atoms with E-state index in [4.69, 9.17) is 9.84 Å². The number of hydrogen-bond acceptors (Lipinski definition) is 3. The van der Waals surface area contributed by atoms with Crippen molar-refractivity contribution >= 4 is 11.7 Å². The fraction of sp³-hybridized carbons (Fsp3) is 0.409. The first-order valence-electron chi connectivity index (χ1n) is 9.48. The summed E-state index contributed by atoms with van der Waals surface area (Å²) < 4.78 is 5.79. The van der Waals surface area contributed by atoms with Crippen LogP contribution in [0.15, 0.2) is 48.5 Å². The highest BCUT2D eigenvalue weighted by atomic mass is 16.5. The van der Waals surface area contributed by atoms with Gasteiger partial charge in [-0.05, 0) is 48.4 Å². The van der Waals surface area contributed by atoms with Gasteiger partial charge in [-0.1, -0.05) is 51.2 Å². The molecular weight excluding hydrogens is 326 g/mol. The molecule has 2 N–H and O–H groups in total. The Hall–Kier alpha value is -2.49. The molecule has 0 aliphatic heterocycles. The lowest BCUT2D eigenvalue weighted by molar-refractivity contribution is 0.0697. The van der Waals surface area contributed by atoms with Crippen LogP contribution in [0.25, 0.3) is 0 Å². The van der Waals surface area contributed by atoms with Gasteiger partial charge in [0.15, 0.2) is 0 Å². The van der Waals surface area contributed by atoms with Gasteiger partial charge in [0.05, 0.1) is 12.2 Å². The average molecular weight is 355 g/mol. The van der Waals surface area contributed by atoms with Crippen molar-refractivity contribution in [1.82, 2.24) is 0 Å². The van der Waals surface area contributed by atoms with E-state index in [1.165, 1.54) is 32.1 Å². The van der Waals surface area contributed by atoms with Gasteiger partial charge in [0, 0.05) is 12.2 Å². The molecule has 26 heavy (non-hydrogen) atoms. The van der Waals surface area contributed by atoms with E-state index in [0.29, 0.717) is 12.1 Å². The van der Waals surface area contributed by atoms with Crippen molar-refractivity contribution in [3.05, 3.63) is 59.7 Å². The molecule has 4 heteroatoms. The number of ether oxygens (including phenoxy) is 1. The maximum atomic E-state index is 10.8. The normalized spacial score (nSPS) is 10.5. The number of anilines is 1. The van der Waals surface area contributed by atoms with E-state index >= 15 is 0 Å². The Bertz CT molecular complexity index is 650. The maximum absolute atomic E-state index is 10.8. The van der Waals surface area contributed by atoms with Crippen LogP contribution in [0.1, 0.15) is 61.4 Å². The van der Waals surface area contributed by atoms with Crippen LogP contribution in [0.2, 0.25) is 0 Å². The number of unbranched alkanes of at least 4 members (excludes halogenated alkanes) is 5. The maximum Gasteiger partial charge on any atom is 0.335 e. The molecule has 0 aromatic heterocycles. The van der Waals surface area contributed by atoms with Crippen LogP contribution in [-0.2, 0) is 6.54 Å². The van der Waals surface area contributed by atoms with E-state index in [2.05, 4.69) is 24.4 Å². The Kier molecular flexibility index (Phi) is 8.53. The van der Waals surface area contributed by atoms with E-state index in [1.54, 1.807) is 24.3 Å². The van der Waals surface area contributed by atoms with Crippen LogP contribution in [0.4, 0.5) is 5.69 Å². The minimum absolute atomic E-state index is 0.294. The molecule has 140 valence electrons. The first-order chi connectivity index (χ1) is 12.7. The van der Waals surface area contributed by atoms with Crippen molar-refractivity contribution in [3.8, 4) is 5.75 Å². The lowest BCUT2D eigenvalue weighted by Crippen LogP contribution is -2.01. The van der Waals surface area contributed by atoms with E-state index in [1.807, 2.05) is 12.1 Å². The highest BCUT2D eigenvalue weighted by Gasteiger charge is 2.02. The van der Waals surface area contributed by atoms with Crippen LogP contribution in [-0.4, -0.2) is 17.7 Å². The van der Waals surface area contributed by atoms with Crippen LogP contribution >= 0.6 is 0 Å². The van der Waals surface area contributed by atoms with Gasteiger partial charge in [0.1, 0.15) is 5.75 Å². The molecule has 0 spiro atoms. The molecule has 0 aliphatic carbocycles. The fourth-order valence-electron chi connectivity index (χ4n) is 2.71. The van der Waals surface area contributed by atoms with Gasteiger partial charge in [-0.3, -0.25) is 0 Å². The monoisotopic (exact) mass is 355 g/mol. The Morgan fingerprint density at radius 3 is 2.23 bits per heavy atom. The third-order valence-electron chi connectivity index (χ3n) is 4.32. The molecule has 0 radical (unpaired) electrons. The van der Waals surface area contributed by atoms with Gasteiger partial charge < -0.3 is 15.2 Å². The molecular formula is C22H29NO3. The second-order valence-corrected chi connectivity index (χ2v) is 6.50. The zero-order valence-corrected chi connectivity index (χ0v) is 15.5. The van der Waals surface area contributed by atoms with Gasteiger partial charge >= 0.3 is 5.97 Å². The summed E-state index contributed by atoms with van der Waals surface area (Å²) in [5.74, 6) is 0.00113. The molecule has 0 saturated heterocycles. The fourth-order valence-corrected chi connectivity index (χ4v) is 2.71. The molecule has 0 aliphatic rings. The Morgan fingerprint density at radius 2 is 1.58 bits per heavy atom. The lowest BCUT2D eigenvalue weighted by Gasteiger charge is -2.09. The van der Waals surface area contributed by atoms with Crippen molar-refractivity contribution in [2.24, 2.45) is 0 Å². The van der Waals surface area contributed by atoms with E-state index in [9.17, 15) is 4.79 Å². The number of hydrogen-bond donors (Lipinski definition) is 2. The first-order valence-corrected chi connectivity index (χ1v) is 9.48. The standard InChI is InChI=1S/C22H29NO3/c1-2-3-4-5-6-7-16-26-21-14-8-18(9-15-21)17-23-20-12-10-19(11-13-20)22(24)25/h8-15,23H,2-7,16-17H2,1H3,(H,24,25). The minimum Gasteiger partial charge on any atom is -0.494 e. The van der Waals surface area contributed by atoms with Gasteiger partial charge in [-0.2, -0.15) is 0 Å². The van der Waals surface area contributed by atoms with E-state index in [-0.39, 0.29) is 0 Å². The van der Waals surface area contributed by atoms with Crippen molar-refractivity contribution < 1.29 is 14.6 Å². The van der Waals surface area contributed by atoms with Crippen LogP contribution in [0.3, 0.4) is 0 Å². The molecule has 0 saturated carbocycles. The zero-order valence-electron chi connectivity index (χ0n) is 15.5. The summed E-state index contributed by atoms with van der Waals surface area (Å²) >= 11 is 0. The summed E-state index contributed by atoms with van der Waals surface area (Å²) in [7, 11) is 0. The highest BCUT2D eigenvalue weighted by molar-refractivity contribution is 5.87. The minimum atomic E-state index is -0.909. The van der Waals surface area contributed by atoms with E-state index in [0.717, 1.165) is 30.0 Å². The molecule has 0 unspecified atom stereocenters. The summed E-state index contributed by atoms with van der Waals surface area (Å²) in [6.45, 7) is 3.70. The number of rotatable bonds is 12. The molecule has 0 heterocycles. The van der Waals surface area contributed by atoms with Crippen LogP contribution in [0, 0.1) is 0 Å². The summed E-state index contributed by atoms with van der Waals surface area (Å²) in [5.41, 5.74) is 2.35. The van der Waals surface area contributed by atoms with E-state index < -0.39 is 5.97 Å². The smallest absolute Gasteiger partial charge is 0.335 e. The van der Waals surface area contributed by atoms with Crippen molar-refractivity contribution in [2.75, 3.05) is 11.9 Å². The summed E-state index contributed by atoms with van der Waals surface area (Å²) in [6, 6.07) is 14.9. The second kappa shape index (κ2) is 11.2. The number of benzene rings is 2. The largest absolute Gasteiger partial charge is 0.494 e. The number of carboxylic acid groups (broad SMARTS) is 1. The number of carboxylic acids is 1. The van der Waals surface area contributed by atoms with Crippen LogP contribution < -0.4 is 10.1 Å². The number of nitrogens with one attached hydrogen (secondary N) is 1. The van der Waals surface area contributed by atoms with Crippen molar-refractivity contribution in [3.63, 3.8) is 0 Å². The molecule has 0 amide bonds. The molecule has 2 rings (SSSR count). The molecule has 0 bridgehead atoms. The first kappa shape index (κ1) is 19.8. The predicted molar refractivity (Wildman–Crippen MR) is 106 cm³/mol. The molecule has 4 nitrogen and oxygen atoms in total. The SMILES string of the molecule is CCCCCCCCOc1ccc(CNc2ccc(C(=O)O)cc2)cc1. The van der Waals surface area contributed by atoms with Crippen molar-refractivity contribution in [2.45, 2.75) is 52.0 Å². The quantitative estimate of drug-likeness (QED) is 0.477. The van der Waals surface area contributed by atoms with Crippen LogP contribution in [0.5, 0.6) is 5.75 Å². The predicted octanol–water partition coefficient (Wildman–Crippen LogP) is 5.74. The van der Waals surface area contributed by atoms with Gasteiger partial charge in [-0.25, -0.2) is 4.79 Å².